The van der Waals surface area contributed by atoms with Crippen LogP contribution in [0, 0.1) is 5.41 Å². The largest absolute Gasteiger partial charge is 0.396 e. The number of aryl methyl sites for hydroxylation is 1. The van der Waals surface area contributed by atoms with E-state index in [0.717, 1.165) is 12.8 Å². The Bertz CT molecular complexity index is 618. The second-order valence-corrected chi connectivity index (χ2v) is 7.44. The first-order chi connectivity index (χ1) is 10.5. The van der Waals surface area contributed by atoms with Crippen LogP contribution in [-0.2, 0) is 11.2 Å². The van der Waals surface area contributed by atoms with Gasteiger partial charge in [-0.1, -0.05) is 32.0 Å². The molecule has 1 heterocycles. The fourth-order valence-electron chi connectivity index (χ4n) is 2.48. The number of amides is 1. The summed E-state index contributed by atoms with van der Waals surface area (Å²) in [5, 5.41) is 15.5. The van der Waals surface area contributed by atoms with Crippen molar-refractivity contribution >= 4 is 27.3 Å². The van der Waals surface area contributed by atoms with Crippen LogP contribution in [0.15, 0.2) is 29.6 Å². The minimum Gasteiger partial charge on any atom is -0.396 e. The van der Waals surface area contributed by atoms with Crippen LogP contribution in [0.5, 0.6) is 0 Å². The summed E-state index contributed by atoms with van der Waals surface area (Å²) in [5.74, 6) is 0.102. The molecule has 0 unspecified atom stereocenters. The van der Waals surface area contributed by atoms with Crippen molar-refractivity contribution in [3.8, 4) is 0 Å². The Morgan fingerprint density at radius 3 is 2.86 bits per heavy atom. The molecule has 120 valence electrons. The third kappa shape index (κ3) is 4.82. The number of aliphatic hydroxyl groups excluding tert-OH is 1. The Labute approximate surface area is 136 Å². The Morgan fingerprint density at radius 2 is 2.09 bits per heavy atom. The summed E-state index contributed by atoms with van der Waals surface area (Å²) < 4.78 is 1.31. The third-order valence-corrected chi connectivity index (χ3v) is 4.98. The van der Waals surface area contributed by atoms with Gasteiger partial charge in [-0.3, -0.25) is 4.79 Å². The van der Waals surface area contributed by atoms with Gasteiger partial charge in [0.15, 0.2) is 0 Å². The molecule has 2 N–H and O–H groups in total. The lowest BCUT2D eigenvalue weighted by atomic mass is 9.90. The molecule has 2 rings (SSSR count). The summed E-state index contributed by atoms with van der Waals surface area (Å²) in [5.41, 5.74) is 1.29. The van der Waals surface area contributed by atoms with Gasteiger partial charge < -0.3 is 10.4 Å². The molecule has 1 amide bonds. The molecule has 2 aromatic rings. The monoisotopic (exact) mass is 319 g/mol. The quantitative estimate of drug-likeness (QED) is 0.778. The van der Waals surface area contributed by atoms with Gasteiger partial charge in [-0.2, -0.15) is 0 Å². The van der Waals surface area contributed by atoms with E-state index < -0.39 is 0 Å². The van der Waals surface area contributed by atoms with E-state index in [0.29, 0.717) is 19.4 Å². The Kier molecular flexibility index (Phi) is 5.98. The number of benzene rings is 1. The molecule has 0 saturated heterocycles. The fraction of sp³-hybridized carbons (Fsp3) is 0.500. The minimum atomic E-state index is -0.0476. The Hall–Kier alpha value is -1.39. The Morgan fingerprint density at radius 1 is 1.32 bits per heavy atom. The zero-order valence-electron chi connectivity index (χ0n) is 13.4. The number of hydrogen-bond acceptors (Lipinski definition) is 3. The summed E-state index contributed by atoms with van der Waals surface area (Å²) in [6.07, 6.45) is 3.07. The van der Waals surface area contributed by atoms with Crippen LogP contribution in [0.25, 0.3) is 10.1 Å². The molecule has 0 fully saturated rings. The van der Waals surface area contributed by atoms with Gasteiger partial charge in [-0.15, -0.1) is 11.3 Å². The number of carbonyl (C=O) groups excluding carboxylic acids is 1. The van der Waals surface area contributed by atoms with Crippen molar-refractivity contribution in [3.05, 3.63) is 35.2 Å². The first-order valence-corrected chi connectivity index (χ1v) is 8.72. The molecule has 1 aromatic carbocycles. The zero-order chi connectivity index (χ0) is 16.0. The molecule has 3 nitrogen and oxygen atoms in total. The van der Waals surface area contributed by atoms with E-state index in [1.54, 1.807) is 11.3 Å². The van der Waals surface area contributed by atoms with E-state index in [1.165, 1.54) is 15.6 Å². The summed E-state index contributed by atoms with van der Waals surface area (Å²) in [6, 6.07) is 8.41. The number of aliphatic hydroxyl groups is 1. The van der Waals surface area contributed by atoms with Gasteiger partial charge in [0.25, 0.3) is 0 Å². The highest BCUT2D eigenvalue weighted by atomic mass is 32.1. The van der Waals surface area contributed by atoms with Crippen molar-refractivity contribution in [2.24, 2.45) is 5.41 Å². The van der Waals surface area contributed by atoms with Crippen molar-refractivity contribution in [2.45, 2.75) is 39.5 Å². The maximum Gasteiger partial charge on any atom is 0.220 e. The average Bonchev–Trinajstić information content (AvgIpc) is 2.89. The summed E-state index contributed by atoms with van der Waals surface area (Å²) in [4.78, 5) is 11.9. The van der Waals surface area contributed by atoms with Crippen molar-refractivity contribution in [2.75, 3.05) is 13.2 Å². The Balaban J connectivity index is 1.75. The topological polar surface area (TPSA) is 49.3 Å². The van der Waals surface area contributed by atoms with Gasteiger partial charge in [-0.25, -0.2) is 0 Å². The molecule has 1 aromatic heterocycles. The molecule has 0 atom stereocenters. The van der Waals surface area contributed by atoms with Crippen LogP contribution in [0.3, 0.4) is 0 Å². The number of hydrogen-bond donors (Lipinski definition) is 2. The summed E-state index contributed by atoms with van der Waals surface area (Å²) in [7, 11) is 0. The van der Waals surface area contributed by atoms with Crippen LogP contribution >= 0.6 is 11.3 Å². The first kappa shape index (κ1) is 17.0. The first-order valence-electron chi connectivity index (χ1n) is 7.84. The van der Waals surface area contributed by atoms with Gasteiger partial charge in [-0.05, 0) is 47.1 Å². The highest BCUT2D eigenvalue weighted by Gasteiger charge is 2.17. The molecule has 0 aliphatic heterocycles. The SMILES string of the molecule is CC(C)(CCO)CNC(=O)CCCc1csc2ccccc12. The smallest absolute Gasteiger partial charge is 0.220 e. The highest BCUT2D eigenvalue weighted by molar-refractivity contribution is 7.17. The fourth-order valence-corrected chi connectivity index (χ4v) is 3.48. The highest BCUT2D eigenvalue weighted by Crippen LogP contribution is 2.26. The predicted octanol–water partition coefficient (Wildman–Crippen LogP) is 3.75. The lowest BCUT2D eigenvalue weighted by molar-refractivity contribution is -0.121. The van der Waals surface area contributed by atoms with Crippen LogP contribution in [0.4, 0.5) is 0 Å². The van der Waals surface area contributed by atoms with E-state index in [4.69, 9.17) is 5.11 Å². The van der Waals surface area contributed by atoms with E-state index >= 15 is 0 Å². The van der Waals surface area contributed by atoms with Crippen molar-refractivity contribution in [3.63, 3.8) is 0 Å². The molecular formula is C18H25NO2S. The second kappa shape index (κ2) is 7.75. The normalized spacial score (nSPS) is 11.8. The zero-order valence-corrected chi connectivity index (χ0v) is 14.2. The molecule has 0 spiro atoms. The minimum absolute atomic E-state index is 0.0476. The maximum absolute atomic E-state index is 11.9. The van der Waals surface area contributed by atoms with Gasteiger partial charge in [0, 0.05) is 24.3 Å². The standard InChI is InChI=1S/C18H25NO2S/c1-18(2,10-11-20)13-19-17(21)9-5-6-14-12-22-16-8-4-3-7-15(14)16/h3-4,7-8,12,20H,5-6,9-11,13H2,1-2H3,(H,19,21). The lowest BCUT2D eigenvalue weighted by Crippen LogP contribution is -2.34. The third-order valence-electron chi connectivity index (χ3n) is 3.96. The van der Waals surface area contributed by atoms with Gasteiger partial charge >= 0.3 is 0 Å². The second-order valence-electron chi connectivity index (χ2n) is 6.53. The molecule has 0 aliphatic carbocycles. The number of nitrogens with one attached hydrogen (secondary N) is 1. The van der Waals surface area contributed by atoms with Crippen molar-refractivity contribution in [1.82, 2.24) is 5.32 Å². The number of fused-ring (bicyclic) bond motifs is 1. The van der Waals surface area contributed by atoms with Gasteiger partial charge in [0.2, 0.25) is 5.91 Å². The molecular weight excluding hydrogens is 294 g/mol. The number of thiophene rings is 1. The van der Waals surface area contributed by atoms with E-state index in [2.05, 4.69) is 48.8 Å². The molecule has 0 aliphatic rings. The molecule has 0 bridgehead atoms. The van der Waals surface area contributed by atoms with E-state index in [1.807, 2.05) is 0 Å². The van der Waals surface area contributed by atoms with E-state index in [-0.39, 0.29) is 17.9 Å². The summed E-state index contributed by atoms with van der Waals surface area (Å²) in [6.45, 7) is 4.89. The van der Waals surface area contributed by atoms with Gasteiger partial charge in [0.1, 0.15) is 0 Å². The van der Waals surface area contributed by atoms with Gasteiger partial charge in [0.05, 0.1) is 0 Å². The summed E-state index contributed by atoms with van der Waals surface area (Å²) >= 11 is 1.77. The lowest BCUT2D eigenvalue weighted by Gasteiger charge is -2.23. The van der Waals surface area contributed by atoms with Crippen LogP contribution in [0.2, 0.25) is 0 Å². The molecule has 0 saturated carbocycles. The van der Waals surface area contributed by atoms with Crippen LogP contribution in [-0.4, -0.2) is 24.2 Å². The van der Waals surface area contributed by atoms with E-state index in [9.17, 15) is 4.79 Å². The van der Waals surface area contributed by atoms with Crippen LogP contribution < -0.4 is 5.32 Å². The number of rotatable bonds is 8. The number of carbonyl (C=O) groups is 1. The molecule has 22 heavy (non-hydrogen) atoms. The predicted molar refractivity (Wildman–Crippen MR) is 93.3 cm³/mol. The maximum atomic E-state index is 11.9. The molecule has 0 radical (unpaired) electrons. The molecule has 4 heteroatoms. The van der Waals surface area contributed by atoms with Crippen LogP contribution in [0.1, 0.15) is 38.7 Å². The van der Waals surface area contributed by atoms with Crippen molar-refractivity contribution < 1.29 is 9.90 Å². The van der Waals surface area contributed by atoms with Crippen molar-refractivity contribution in [1.29, 1.82) is 0 Å². The average molecular weight is 319 g/mol.